The van der Waals surface area contributed by atoms with Gasteiger partial charge in [0.1, 0.15) is 0 Å². The van der Waals surface area contributed by atoms with E-state index in [1.165, 1.54) is 12.8 Å². The van der Waals surface area contributed by atoms with Crippen LogP contribution in [0.2, 0.25) is 0 Å². The Morgan fingerprint density at radius 1 is 1.24 bits per heavy atom. The van der Waals surface area contributed by atoms with E-state index < -0.39 is 0 Å². The highest BCUT2D eigenvalue weighted by Gasteiger charge is 2.26. The van der Waals surface area contributed by atoms with Gasteiger partial charge in [0.25, 0.3) is 5.95 Å². The number of rotatable bonds is 5. The van der Waals surface area contributed by atoms with Crippen LogP contribution >= 0.6 is 0 Å². The Labute approximate surface area is 125 Å². The summed E-state index contributed by atoms with van der Waals surface area (Å²) in [5.41, 5.74) is 3.12. The number of hydrogen-bond donors (Lipinski definition) is 0. The maximum absolute atomic E-state index is 4.73. The van der Waals surface area contributed by atoms with Gasteiger partial charge in [-0.3, -0.25) is 0 Å². The Hall–Kier alpha value is -2.23. The van der Waals surface area contributed by atoms with Crippen molar-refractivity contribution in [2.75, 3.05) is 5.01 Å². The molecule has 1 fully saturated rings. The largest absolute Gasteiger partial charge is 0.251 e. The first kappa shape index (κ1) is 13.7. The smallest absolute Gasteiger partial charge is 0.216 e. The molecule has 1 heterocycles. The van der Waals surface area contributed by atoms with Crippen LogP contribution in [0.25, 0.3) is 0 Å². The van der Waals surface area contributed by atoms with Crippen LogP contribution in [0.5, 0.6) is 0 Å². The summed E-state index contributed by atoms with van der Waals surface area (Å²) in [7, 11) is 0. The highest BCUT2D eigenvalue weighted by molar-refractivity contribution is 5.64. The summed E-state index contributed by atoms with van der Waals surface area (Å²) >= 11 is 0. The normalized spacial score (nSPS) is 14.6. The monoisotopic (exact) mass is 280 g/mol. The molecule has 0 radical (unpaired) electrons. The van der Waals surface area contributed by atoms with Crippen molar-refractivity contribution in [2.45, 2.75) is 39.0 Å². The van der Waals surface area contributed by atoms with E-state index in [0.717, 1.165) is 23.5 Å². The zero-order chi connectivity index (χ0) is 14.7. The van der Waals surface area contributed by atoms with Crippen molar-refractivity contribution < 1.29 is 0 Å². The van der Waals surface area contributed by atoms with Crippen molar-refractivity contribution in [3.63, 3.8) is 0 Å². The molecule has 1 aromatic heterocycles. The van der Waals surface area contributed by atoms with E-state index >= 15 is 0 Å². The second kappa shape index (κ2) is 6.04. The van der Waals surface area contributed by atoms with Crippen molar-refractivity contribution in [1.82, 2.24) is 9.97 Å². The SMILES string of the molecule is CCC=NN(c1ccccc1)c1nc(C)cc(C2CC2)n1. The van der Waals surface area contributed by atoms with Crippen molar-refractivity contribution in [1.29, 1.82) is 0 Å². The van der Waals surface area contributed by atoms with E-state index in [1.807, 2.05) is 48.5 Å². The number of para-hydroxylation sites is 1. The van der Waals surface area contributed by atoms with Gasteiger partial charge in [-0.1, -0.05) is 25.1 Å². The lowest BCUT2D eigenvalue weighted by Gasteiger charge is -2.18. The van der Waals surface area contributed by atoms with Gasteiger partial charge in [0, 0.05) is 23.5 Å². The molecule has 4 heteroatoms. The van der Waals surface area contributed by atoms with Gasteiger partial charge in [-0.15, -0.1) is 0 Å². The molecule has 3 rings (SSSR count). The molecule has 0 saturated heterocycles. The first-order valence-corrected chi connectivity index (χ1v) is 7.51. The predicted octanol–water partition coefficient (Wildman–Crippen LogP) is 4.20. The van der Waals surface area contributed by atoms with Crippen LogP contribution in [-0.4, -0.2) is 16.2 Å². The molecule has 2 aromatic rings. The third-order valence-electron chi connectivity index (χ3n) is 3.43. The maximum atomic E-state index is 4.73. The molecule has 0 bridgehead atoms. The first-order valence-electron chi connectivity index (χ1n) is 7.51. The molecule has 0 N–H and O–H groups in total. The molecule has 1 aromatic carbocycles. The third kappa shape index (κ3) is 3.27. The third-order valence-corrected chi connectivity index (χ3v) is 3.43. The summed E-state index contributed by atoms with van der Waals surface area (Å²) in [5, 5.41) is 6.35. The van der Waals surface area contributed by atoms with Crippen molar-refractivity contribution in [2.24, 2.45) is 5.10 Å². The summed E-state index contributed by atoms with van der Waals surface area (Å²) in [5.74, 6) is 1.27. The molecular formula is C17H20N4. The van der Waals surface area contributed by atoms with E-state index in [9.17, 15) is 0 Å². The Kier molecular flexibility index (Phi) is 3.95. The number of hydrogen-bond acceptors (Lipinski definition) is 4. The highest BCUT2D eigenvalue weighted by Crippen LogP contribution is 2.39. The van der Waals surface area contributed by atoms with E-state index in [-0.39, 0.29) is 0 Å². The maximum Gasteiger partial charge on any atom is 0.251 e. The second-order valence-electron chi connectivity index (χ2n) is 5.36. The number of benzene rings is 1. The predicted molar refractivity (Wildman–Crippen MR) is 86.1 cm³/mol. The molecule has 0 atom stereocenters. The van der Waals surface area contributed by atoms with Crippen molar-refractivity contribution in [3.8, 4) is 0 Å². The molecule has 1 saturated carbocycles. The van der Waals surface area contributed by atoms with Gasteiger partial charge >= 0.3 is 0 Å². The molecule has 0 amide bonds. The average molecular weight is 280 g/mol. The minimum absolute atomic E-state index is 0.609. The molecule has 1 aliphatic rings. The fourth-order valence-corrected chi connectivity index (χ4v) is 2.23. The molecule has 4 nitrogen and oxygen atoms in total. The first-order chi connectivity index (χ1) is 10.3. The zero-order valence-electron chi connectivity index (χ0n) is 12.5. The summed E-state index contributed by atoms with van der Waals surface area (Å²) in [6, 6.07) is 12.1. The minimum atomic E-state index is 0.609. The quantitative estimate of drug-likeness (QED) is 0.609. The summed E-state index contributed by atoms with van der Waals surface area (Å²) in [6.45, 7) is 4.09. The van der Waals surface area contributed by atoms with Crippen LogP contribution in [0.1, 0.15) is 43.5 Å². The van der Waals surface area contributed by atoms with Crippen LogP contribution in [0.4, 0.5) is 11.6 Å². The van der Waals surface area contributed by atoms with Crippen LogP contribution in [0, 0.1) is 6.92 Å². The van der Waals surface area contributed by atoms with Gasteiger partial charge in [0.15, 0.2) is 0 Å². The van der Waals surface area contributed by atoms with Crippen LogP contribution in [0.15, 0.2) is 41.5 Å². The lowest BCUT2D eigenvalue weighted by atomic mass is 10.2. The number of aromatic nitrogens is 2. The van der Waals surface area contributed by atoms with Gasteiger partial charge in [-0.2, -0.15) is 10.1 Å². The van der Waals surface area contributed by atoms with E-state index in [4.69, 9.17) is 4.98 Å². The van der Waals surface area contributed by atoms with E-state index in [0.29, 0.717) is 11.9 Å². The Bertz CT molecular complexity index is 632. The van der Waals surface area contributed by atoms with Gasteiger partial charge in [0.05, 0.1) is 5.69 Å². The van der Waals surface area contributed by atoms with Gasteiger partial charge < -0.3 is 0 Å². The van der Waals surface area contributed by atoms with E-state index in [1.54, 1.807) is 0 Å². The van der Waals surface area contributed by atoms with E-state index in [2.05, 4.69) is 23.1 Å². The summed E-state index contributed by atoms with van der Waals surface area (Å²) < 4.78 is 0. The van der Waals surface area contributed by atoms with Crippen molar-refractivity contribution >= 4 is 17.9 Å². The lowest BCUT2D eigenvalue weighted by Crippen LogP contribution is -2.14. The molecular weight excluding hydrogens is 260 g/mol. The average Bonchev–Trinajstić information content (AvgIpc) is 3.33. The molecule has 108 valence electrons. The lowest BCUT2D eigenvalue weighted by molar-refractivity contribution is 0.908. The number of anilines is 2. The van der Waals surface area contributed by atoms with Gasteiger partial charge in [-0.05, 0) is 44.4 Å². The van der Waals surface area contributed by atoms with Gasteiger partial charge in [0.2, 0.25) is 0 Å². The van der Waals surface area contributed by atoms with Gasteiger partial charge in [-0.25, -0.2) is 9.97 Å². The molecule has 21 heavy (non-hydrogen) atoms. The fraction of sp³-hybridized carbons (Fsp3) is 0.353. The highest BCUT2D eigenvalue weighted by atomic mass is 15.5. The number of hydrazone groups is 1. The molecule has 0 aliphatic heterocycles. The summed E-state index contributed by atoms with van der Waals surface area (Å²) in [6.07, 6.45) is 5.24. The van der Waals surface area contributed by atoms with Crippen LogP contribution in [0.3, 0.4) is 0 Å². The second-order valence-corrected chi connectivity index (χ2v) is 5.36. The number of nitrogens with zero attached hydrogens (tertiary/aromatic N) is 4. The van der Waals surface area contributed by atoms with Crippen LogP contribution < -0.4 is 5.01 Å². The Morgan fingerprint density at radius 2 is 2.00 bits per heavy atom. The minimum Gasteiger partial charge on any atom is -0.216 e. The van der Waals surface area contributed by atoms with Crippen molar-refractivity contribution in [3.05, 3.63) is 47.8 Å². The topological polar surface area (TPSA) is 41.4 Å². The Balaban J connectivity index is 2.01. The molecule has 0 unspecified atom stereocenters. The molecule has 1 aliphatic carbocycles. The number of aryl methyl sites for hydroxylation is 1. The zero-order valence-corrected chi connectivity index (χ0v) is 12.5. The Morgan fingerprint density at radius 3 is 2.67 bits per heavy atom. The van der Waals surface area contributed by atoms with Crippen LogP contribution in [-0.2, 0) is 0 Å². The molecule has 0 spiro atoms. The standard InChI is InChI=1S/C17H20N4/c1-3-11-18-21(15-7-5-4-6-8-15)17-19-13(2)12-16(20-17)14-9-10-14/h4-8,11-12,14H,3,9-10H2,1-2H3. The summed E-state index contributed by atoms with van der Waals surface area (Å²) in [4.78, 5) is 9.30. The fourth-order valence-electron chi connectivity index (χ4n) is 2.23.